The van der Waals surface area contributed by atoms with E-state index in [-0.39, 0.29) is 29.2 Å². The lowest BCUT2D eigenvalue weighted by atomic mass is 9.64. The topological polar surface area (TPSA) is 64.7 Å². The second-order valence-corrected chi connectivity index (χ2v) is 12.5. The smallest absolute Gasteiger partial charge is 0.224 e. The summed E-state index contributed by atoms with van der Waals surface area (Å²) in [6, 6.07) is 1.80. The molecule has 3 aliphatic rings. The first-order valence-electron chi connectivity index (χ1n) is 13.7. The number of amides is 1. The number of hydrogen-bond acceptors (Lipinski definition) is 5. The third-order valence-electron chi connectivity index (χ3n) is 9.43. The highest BCUT2D eigenvalue weighted by Gasteiger charge is 2.49. The highest BCUT2D eigenvalue weighted by molar-refractivity contribution is 6.20. The van der Waals surface area contributed by atoms with Crippen LogP contribution in [0.4, 0.5) is 0 Å². The summed E-state index contributed by atoms with van der Waals surface area (Å²) < 4.78 is 0. The van der Waals surface area contributed by atoms with Gasteiger partial charge in [0.25, 0.3) is 0 Å². The van der Waals surface area contributed by atoms with Crippen LogP contribution in [0.5, 0.6) is 0 Å². The maximum absolute atomic E-state index is 12.6. The molecule has 0 aromatic heterocycles. The molecule has 1 aliphatic heterocycles. The molecule has 6 nitrogen and oxygen atoms in total. The Morgan fingerprint density at radius 1 is 1.12 bits per heavy atom. The fraction of sp³-hybridized carbons (Fsp3) is 0.926. The summed E-state index contributed by atoms with van der Waals surface area (Å²) in [6.07, 6.45) is 8.73. The van der Waals surface area contributed by atoms with Crippen LogP contribution < -0.4 is 10.6 Å². The van der Waals surface area contributed by atoms with Gasteiger partial charge in [0, 0.05) is 48.0 Å². The van der Waals surface area contributed by atoms with Crippen molar-refractivity contribution < 1.29 is 9.59 Å². The van der Waals surface area contributed by atoms with Crippen LogP contribution in [0.15, 0.2) is 0 Å². The maximum atomic E-state index is 12.6. The van der Waals surface area contributed by atoms with Gasteiger partial charge < -0.3 is 20.3 Å². The lowest BCUT2D eigenvalue weighted by molar-refractivity contribution is -0.129. The molecule has 7 unspecified atom stereocenters. The minimum atomic E-state index is -0.495. The van der Waals surface area contributed by atoms with E-state index in [1.165, 1.54) is 32.0 Å². The van der Waals surface area contributed by atoms with Crippen LogP contribution in [0.2, 0.25) is 0 Å². The fourth-order valence-electron chi connectivity index (χ4n) is 7.20. The summed E-state index contributed by atoms with van der Waals surface area (Å²) in [6.45, 7) is 10.9. The molecular weight excluding hydrogens is 448 g/mol. The summed E-state index contributed by atoms with van der Waals surface area (Å²) in [5, 5.41) is 6.63. The molecule has 0 spiro atoms. The Morgan fingerprint density at radius 3 is 2.32 bits per heavy atom. The zero-order chi connectivity index (χ0) is 25.0. The Balaban J connectivity index is 1.67. The van der Waals surface area contributed by atoms with E-state index < -0.39 is 5.41 Å². The Labute approximate surface area is 212 Å². The summed E-state index contributed by atoms with van der Waals surface area (Å²) in [4.78, 5) is 30.2. The van der Waals surface area contributed by atoms with Gasteiger partial charge in [0.05, 0.1) is 5.92 Å². The highest BCUT2D eigenvalue weighted by Crippen LogP contribution is 2.45. The Bertz CT molecular complexity index is 684. The van der Waals surface area contributed by atoms with Crippen LogP contribution in [-0.4, -0.2) is 85.3 Å². The number of alkyl halides is 1. The molecule has 0 radical (unpaired) electrons. The first-order chi connectivity index (χ1) is 16.1. The lowest BCUT2D eigenvalue weighted by Crippen LogP contribution is -2.59. The number of hydrogen-bond donors (Lipinski definition) is 2. The molecule has 34 heavy (non-hydrogen) atoms. The normalized spacial score (nSPS) is 41.5. The first-order valence-corrected chi connectivity index (χ1v) is 14.1. The predicted octanol–water partition coefficient (Wildman–Crippen LogP) is 3.52. The van der Waals surface area contributed by atoms with Crippen LogP contribution in [-0.2, 0) is 9.59 Å². The van der Waals surface area contributed by atoms with Gasteiger partial charge >= 0.3 is 0 Å². The van der Waals surface area contributed by atoms with E-state index in [1.807, 2.05) is 0 Å². The van der Waals surface area contributed by atoms with E-state index in [0.717, 1.165) is 19.4 Å². The van der Waals surface area contributed by atoms with Gasteiger partial charge in [0.1, 0.15) is 6.29 Å². The second-order valence-electron chi connectivity index (χ2n) is 11.9. The van der Waals surface area contributed by atoms with Gasteiger partial charge in [-0.15, -0.1) is 11.6 Å². The van der Waals surface area contributed by atoms with Crippen LogP contribution in [0.1, 0.15) is 72.6 Å². The van der Waals surface area contributed by atoms with Gasteiger partial charge in [-0.25, -0.2) is 0 Å². The fourth-order valence-corrected chi connectivity index (χ4v) is 7.67. The molecule has 0 bridgehead atoms. The number of aldehydes is 1. The number of carbonyl (C=O) groups excluding carboxylic acids is 2. The average Bonchev–Trinajstić information content (AvgIpc) is 2.79. The quantitative estimate of drug-likeness (QED) is 0.377. The molecule has 7 heteroatoms. The third kappa shape index (κ3) is 6.16. The van der Waals surface area contributed by atoms with Crippen LogP contribution >= 0.6 is 11.6 Å². The SMILES string of the molecule is CCN(C1CCC(N(C)C)CC1)C1CC(Cl)CC(C=O)(CNCC2C(=O)NC(C)CC2C)C1C. The van der Waals surface area contributed by atoms with Crippen molar-refractivity contribution in [1.82, 2.24) is 20.4 Å². The number of rotatable bonds is 9. The predicted molar refractivity (Wildman–Crippen MR) is 140 cm³/mol. The molecule has 196 valence electrons. The largest absolute Gasteiger partial charge is 0.353 e. The molecule has 0 aromatic rings. The van der Waals surface area contributed by atoms with Crippen molar-refractivity contribution in [3.8, 4) is 0 Å². The number of carbonyl (C=O) groups is 2. The molecule has 2 aliphatic carbocycles. The molecule has 3 rings (SSSR count). The minimum Gasteiger partial charge on any atom is -0.353 e. The van der Waals surface area contributed by atoms with Gasteiger partial charge in [0.2, 0.25) is 5.91 Å². The van der Waals surface area contributed by atoms with Crippen molar-refractivity contribution in [1.29, 1.82) is 0 Å². The number of halogens is 1. The van der Waals surface area contributed by atoms with E-state index >= 15 is 0 Å². The van der Waals surface area contributed by atoms with Gasteiger partial charge in [0.15, 0.2) is 0 Å². The maximum Gasteiger partial charge on any atom is 0.224 e. The van der Waals surface area contributed by atoms with Crippen molar-refractivity contribution in [2.45, 2.75) is 102 Å². The zero-order valence-corrected chi connectivity index (χ0v) is 23.1. The summed E-state index contributed by atoms with van der Waals surface area (Å²) in [5.41, 5.74) is -0.495. The van der Waals surface area contributed by atoms with Crippen LogP contribution in [0.25, 0.3) is 0 Å². The van der Waals surface area contributed by atoms with Crippen molar-refractivity contribution in [2.75, 3.05) is 33.7 Å². The molecule has 0 aromatic carbocycles. The van der Waals surface area contributed by atoms with E-state index in [0.29, 0.717) is 43.6 Å². The van der Waals surface area contributed by atoms with E-state index in [4.69, 9.17) is 11.6 Å². The second kappa shape index (κ2) is 12.0. The van der Waals surface area contributed by atoms with Gasteiger partial charge in [-0.2, -0.15) is 0 Å². The molecule has 1 saturated heterocycles. The molecule has 7 atom stereocenters. The number of piperidine rings is 1. The zero-order valence-electron chi connectivity index (χ0n) is 22.4. The summed E-state index contributed by atoms with van der Waals surface area (Å²) in [7, 11) is 4.38. The number of nitrogens with one attached hydrogen (secondary N) is 2. The molecule has 1 amide bonds. The summed E-state index contributed by atoms with van der Waals surface area (Å²) >= 11 is 6.85. The van der Waals surface area contributed by atoms with Crippen molar-refractivity contribution in [3.63, 3.8) is 0 Å². The Morgan fingerprint density at radius 2 is 1.76 bits per heavy atom. The van der Waals surface area contributed by atoms with E-state index in [1.54, 1.807) is 0 Å². The Kier molecular flexibility index (Phi) is 9.87. The van der Waals surface area contributed by atoms with Crippen LogP contribution in [0.3, 0.4) is 0 Å². The molecular formula is C27H49ClN4O2. The monoisotopic (exact) mass is 496 g/mol. The Hall–Kier alpha value is -0.690. The van der Waals surface area contributed by atoms with Crippen molar-refractivity contribution in [3.05, 3.63) is 0 Å². The molecule has 3 fully saturated rings. The standard InChI is InChI=1S/C27H49ClN4O2/c1-7-32(23-10-8-22(9-11-23)31(5)6)25-13-21(28)14-27(17-33,20(25)4)16-29-15-24-18(2)12-19(3)30-26(24)34/h17-25,29H,7-16H2,1-6H3,(H,30,34). The van der Waals surface area contributed by atoms with Gasteiger partial charge in [-0.1, -0.05) is 20.8 Å². The molecule has 2 saturated carbocycles. The lowest BCUT2D eigenvalue weighted by Gasteiger charge is -2.52. The summed E-state index contributed by atoms with van der Waals surface area (Å²) in [5.74, 6) is 0.653. The van der Waals surface area contributed by atoms with Gasteiger partial charge in [-0.05, 0) is 84.3 Å². The average molecular weight is 497 g/mol. The van der Waals surface area contributed by atoms with Crippen molar-refractivity contribution in [2.24, 2.45) is 23.2 Å². The highest BCUT2D eigenvalue weighted by atomic mass is 35.5. The van der Waals surface area contributed by atoms with E-state index in [9.17, 15) is 9.59 Å². The molecule has 1 heterocycles. The van der Waals surface area contributed by atoms with Gasteiger partial charge in [-0.3, -0.25) is 9.69 Å². The van der Waals surface area contributed by atoms with E-state index in [2.05, 4.69) is 62.2 Å². The third-order valence-corrected chi connectivity index (χ3v) is 9.76. The molecule has 2 N–H and O–H groups in total. The number of nitrogens with zero attached hydrogens (tertiary/aromatic N) is 2. The van der Waals surface area contributed by atoms with Crippen molar-refractivity contribution >= 4 is 23.8 Å². The van der Waals surface area contributed by atoms with Crippen LogP contribution in [0, 0.1) is 23.2 Å². The minimum absolute atomic E-state index is 0.00174. The first kappa shape index (κ1) is 27.9.